The largest absolute Gasteiger partial charge is 0.326 e. The summed E-state index contributed by atoms with van der Waals surface area (Å²) in [5, 5.41) is 0. The number of benzene rings is 1. The van der Waals surface area contributed by atoms with Gasteiger partial charge in [-0.25, -0.2) is 0 Å². The van der Waals surface area contributed by atoms with Crippen molar-refractivity contribution in [1.82, 2.24) is 0 Å². The standard InChI is InChI=1S/C7H7BrIN/c8-6-1-2-7(9)5(3-6)4-10/h1-3H,4,10H2. The first-order valence-corrected chi connectivity index (χ1v) is 4.75. The zero-order chi connectivity index (χ0) is 7.56. The highest BCUT2D eigenvalue weighted by Crippen LogP contribution is 2.17. The van der Waals surface area contributed by atoms with E-state index in [1.54, 1.807) is 0 Å². The molecule has 1 nitrogen and oxygen atoms in total. The molecule has 1 rings (SSSR count). The Morgan fingerprint density at radius 3 is 2.70 bits per heavy atom. The summed E-state index contributed by atoms with van der Waals surface area (Å²) in [6.07, 6.45) is 0. The Hall–Kier alpha value is 0.390. The molecule has 0 aromatic heterocycles. The van der Waals surface area contributed by atoms with Crippen molar-refractivity contribution < 1.29 is 0 Å². The molecule has 0 bridgehead atoms. The Bertz CT molecular complexity index is 237. The highest BCUT2D eigenvalue weighted by atomic mass is 127. The van der Waals surface area contributed by atoms with Gasteiger partial charge in [-0.3, -0.25) is 0 Å². The maximum Gasteiger partial charge on any atom is 0.0189 e. The molecule has 1 aromatic carbocycles. The number of hydrogen-bond acceptors (Lipinski definition) is 1. The molecule has 3 heteroatoms. The third-order valence-corrected chi connectivity index (χ3v) is 2.77. The van der Waals surface area contributed by atoms with Gasteiger partial charge in [-0.1, -0.05) is 15.9 Å². The molecule has 0 saturated carbocycles. The van der Waals surface area contributed by atoms with Crippen molar-refractivity contribution >= 4 is 38.5 Å². The molecule has 0 heterocycles. The molecular weight excluding hydrogens is 305 g/mol. The highest BCUT2D eigenvalue weighted by molar-refractivity contribution is 14.1. The Labute approximate surface area is 82.3 Å². The van der Waals surface area contributed by atoms with E-state index in [2.05, 4.69) is 38.5 Å². The molecule has 0 fully saturated rings. The SMILES string of the molecule is NCc1cc(Br)ccc1I. The molecule has 2 N–H and O–H groups in total. The van der Waals surface area contributed by atoms with Gasteiger partial charge in [0.2, 0.25) is 0 Å². The van der Waals surface area contributed by atoms with Gasteiger partial charge in [-0.2, -0.15) is 0 Å². The number of nitrogens with two attached hydrogens (primary N) is 1. The predicted octanol–water partition coefficient (Wildman–Crippen LogP) is 2.51. The first kappa shape index (κ1) is 8.49. The van der Waals surface area contributed by atoms with Crippen LogP contribution in [0.4, 0.5) is 0 Å². The van der Waals surface area contributed by atoms with Crippen molar-refractivity contribution in [3.05, 3.63) is 31.8 Å². The van der Waals surface area contributed by atoms with Crippen molar-refractivity contribution in [2.24, 2.45) is 5.73 Å². The second kappa shape index (κ2) is 3.69. The molecule has 0 atom stereocenters. The van der Waals surface area contributed by atoms with E-state index in [-0.39, 0.29) is 0 Å². The van der Waals surface area contributed by atoms with E-state index in [0.717, 1.165) is 4.47 Å². The van der Waals surface area contributed by atoms with Crippen LogP contribution in [-0.4, -0.2) is 0 Å². The molecule has 10 heavy (non-hydrogen) atoms. The van der Waals surface area contributed by atoms with Crippen LogP contribution >= 0.6 is 38.5 Å². The summed E-state index contributed by atoms with van der Waals surface area (Å²) >= 11 is 5.65. The molecule has 1 aromatic rings. The quantitative estimate of drug-likeness (QED) is 0.792. The topological polar surface area (TPSA) is 26.0 Å². The first-order valence-electron chi connectivity index (χ1n) is 2.88. The fourth-order valence-electron chi connectivity index (χ4n) is 0.700. The summed E-state index contributed by atoms with van der Waals surface area (Å²) in [5.74, 6) is 0. The minimum Gasteiger partial charge on any atom is -0.326 e. The lowest BCUT2D eigenvalue weighted by atomic mass is 10.2. The lowest BCUT2D eigenvalue weighted by molar-refractivity contribution is 1.06. The van der Waals surface area contributed by atoms with Crippen molar-refractivity contribution in [3.8, 4) is 0 Å². The van der Waals surface area contributed by atoms with Crippen molar-refractivity contribution in [1.29, 1.82) is 0 Å². The first-order chi connectivity index (χ1) is 4.74. The number of hydrogen-bond donors (Lipinski definition) is 1. The van der Waals surface area contributed by atoms with Crippen molar-refractivity contribution in [3.63, 3.8) is 0 Å². The van der Waals surface area contributed by atoms with Crippen LogP contribution in [0.1, 0.15) is 5.56 Å². The van der Waals surface area contributed by atoms with Crippen LogP contribution in [0, 0.1) is 3.57 Å². The lowest BCUT2D eigenvalue weighted by Gasteiger charge is -1.99. The third-order valence-electron chi connectivity index (χ3n) is 1.23. The average molecular weight is 312 g/mol. The van der Waals surface area contributed by atoms with Gasteiger partial charge in [0, 0.05) is 14.6 Å². The maximum absolute atomic E-state index is 5.49. The van der Waals surface area contributed by atoms with Crippen LogP contribution in [0.5, 0.6) is 0 Å². The van der Waals surface area contributed by atoms with Gasteiger partial charge in [0.05, 0.1) is 0 Å². The summed E-state index contributed by atoms with van der Waals surface area (Å²) in [5.41, 5.74) is 6.68. The van der Waals surface area contributed by atoms with E-state index in [1.807, 2.05) is 18.2 Å². The van der Waals surface area contributed by atoms with Crippen LogP contribution in [0.2, 0.25) is 0 Å². The van der Waals surface area contributed by atoms with Crippen molar-refractivity contribution in [2.45, 2.75) is 6.54 Å². The summed E-state index contributed by atoms with van der Waals surface area (Å²) in [6, 6.07) is 6.11. The maximum atomic E-state index is 5.49. The summed E-state index contributed by atoms with van der Waals surface area (Å²) in [4.78, 5) is 0. The lowest BCUT2D eigenvalue weighted by Crippen LogP contribution is -1.98. The predicted molar refractivity (Wildman–Crippen MR) is 54.8 cm³/mol. The molecule has 54 valence electrons. The molecule has 0 spiro atoms. The van der Waals surface area contributed by atoms with Crippen LogP contribution in [-0.2, 0) is 6.54 Å². The van der Waals surface area contributed by atoms with E-state index >= 15 is 0 Å². The van der Waals surface area contributed by atoms with Gasteiger partial charge in [0.15, 0.2) is 0 Å². The zero-order valence-electron chi connectivity index (χ0n) is 5.27. The molecule has 0 amide bonds. The van der Waals surface area contributed by atoms with Gasteiger partial charge in [-0.15, -0.1) is 0 Å². The second-order valence-corrected chi connectivity index (χ2v) is 4.02. The van der Waals surface area contributed by atoms with Crippen LogP contribution in [0.15, 0.2) is 22.7 Å². The monoisotopic (exact) mass is 311 g/mol. The Morgan fingerprint density at radius 2 is 2.20 bits per heavy atom. The third kappa shape index (κ3) is 1.93. The number of halogens is 2. The van der Waals surface area contributed by atoms with E-state index in [4.69, 9.17) is 5.73 Å². The Balaban J connectivity index is 3.09. The minimum atomic E-state index is 0.609. The molecule has 0 unspecified atom stereocenters. The Kier molecular flexibility index (Phi) is 3.13. The van der Waals surface area contributed by atoms with E-state index < -0.39 is 0 Å². The summed E-state index contributed by atoms with van der Waals surface area (Å²) in [6.45, 7) is 0.609. The average Bonchev–Trinajstić information content (AvgIpc) is 1.94. The fraction of sp³-hybridized carbons (Fsp3) is 0.143. The molecule has 0 aliphatic carbocycles. The second-order valence-electron chi connectivity index (χ2n) is 1.94. The van der Waals surface area contributed by atoms with Crippen molar-refractivity contribution in [2.75, 3.05) is 0 Å². The summed E-state index contributed by atoms with van der Waals surface area (Å²) in [7, 11) is 0. The Morgan fingerprint density at radius 1 is 1.50 bits per heavy atom. The van der Waals surface area contributed by atoms with Gasteiger partial charge in [-0.05, 0) is 46.4 Å². The molecule has 0 aliphatic rings. The van der Waals surface area contributed by atoms with Crippen LogP contribution < -0.4 is 5.73 Å². The molecular formula is C7H7BrIN. The normalized spacial score (nSPS) is 9.90. The fourth-order valence-corrected chi connectivity index (χ4v) is 1.66. The highest BCUT2D eigenvalue weighted by Gasteiger charge is 1.96. The minimum absolute atomic E-state index is 0.609. The summed E-state index contributed by atoms with van der Waals surface area (Å²) < 4.78 is 2.32. The van der Waals surface area contributed by atoms with E-state index in [9.17, 15) is 0 Å². The van der Waals surface area contributed by atoms with E-state index in [0.29, 0.717) is 6.54 Å². The van der Waals surface area contributed by atoms with E-state index in [1.165, 1.54) is 9.13 Å². The van der Waals surface area contributed by atoms with Gasteiger partial charge >= 0.3 is 0 Å². The zero-order valence-corrected chi connectivity index (χ0v) is 9.02. The smallest absolute Gasteiger partial charge is 0.0189 e. The molecule has 0 radical (unpaired) electrons. The van der Waals surface area contributed by atoms with Crippen LogP contribution in [0.25, 0.3) is 0 Å². The number of rotatable bonds is 1. The van der Waals surface area contributed by atoms with Gasteiger partial charge < -0.3 is 5.73 Å². The van der Waals surface area contributed by atoms with Crippen LogP contribution in [0.3, 0.4) is 0 Å². The van der Waals surface area contributed by atoms with Gasteiger partial charge in [0.25, 0.3) is 0 Å². The molecule has 0 aliphatic heterocycles. The van der Waals surface area contributed by atoms with Gasteiger partial charge in [0.1, 0.15) is 0 Å². The molecule has 0 saturated heterocycles.